The van der Waals surface area contributed by atoms with Crippen molar-refractivity contribution >= 4 is 21.8 Å². The highest BCUT2D eigenvalue weighted by Crippen LogP contribution is 2.16. The van der Waals surface area contributed by atoms with E-state index < -0.39 is 0 Å². The maximum atomic E-state index is 8.69. The molecule has 0 radical (unpaired) electrons. The standard InChI is InChI=1S/C16H18BrN3O/c1-11-8-12(16(18)20-21)6-7-13(11)9-19-10-14-4-2-3-5-15(14)17/h2-8,19,21H,9-10H2,1H3,(H2,18,20). The van der Waals surface area contributed by atoms with Gasteiger partial charge in [0.25, 0.3) is 0 Å². The highest BCUT2D eigenvalue weighted by molar-refractivity contribution is 9.10. The number of hydrogen-bond donors (Lipinski definition) is 3. The maximum absolute atomic E-state index is 8.69. The molecule has 0 spiro atoms. The fourth-order valence-corrected chi connectivity index (χ4v) is 2.51. The van der Waals surface area contributed by atoms with Crippen LogP contribution in [-0.4, -0.2) is 11.0 Å². The first kappa shape index (κ1) is 15.5. The normalized spacial score (nSPS) is 11.6. The second kappa shape index (κ2) is 7.24. The van der Waals surface area contributed by atoms with E-state index in [9.17, 15) is 0 Å². The van der Waals surface area contributed by atoms with E-state index in [2.05, 4.69) is 32.5 Å². The minimum absolute atomic E-state index is 0.130. The molecular formula is C16H18BrN3O. The Balaban J connectivity index is 1.99. The fraction of sp³-hybridized carbons (Fsp3) is 0.188. The summed E-state index contributed by atoms with van der Waals surface area (Å²) in [6, 6.07) is 13.9. The largest absolute Gasteiger partial charge is 0.409 e. The summed E-state index contributed by atoms with van der Waals surface area (Å²) in [6.07, 6.45) is 0. The first-order valence-electron chi connectivity index (χ1n) is 6.63. The molecule has 0 atom stereocenters. The molecule has 0 bridgehead atoms. The Morgan fingerprint density at radius 3 is 2.57 bits per heavy atom. The van der Waals surface area contributed by atoms with E-state index in [4.69, 9.17) is 10.9 Å². The summed E-state index contributed by atoms with van der Waals surface area (Å²) < 4.78 is 1.11. The van der Waals surface area contributed by atoms with Crippen LogP contribution in [0.1, 0.15) is 22.3 Å². The SMILES string of the molecule is Cc1cc(/C(N)=N/O)ccc1CNCc1ccccc1Br. The predicted molar refractivity (Wildman–Crippen MR) is 88.4 cm³/mol. The van der Waals surface area contributed by atoms with Crippen molar-refractivity contribution in [1.29, 1.82) is 0 Å². The Bertz CT molecular complexity index is 656. The molecule has 0 aliphatic heterocycles. The number of aryl methyl sites for hydroxylation is 1. The minimum Gasteiger partial charge on any atom is -0.409 e. The van der Waals surface area contributed by atoms with Crippen LogP contribution < -0.4 is 11.1 Å². The molecule has 0 fully saturated rings. The third kappa shape index (κ3) is 4.06. The van der Waals surface area contributed by atoms with Crippen molar-refractivity contribution in [3.8, 4) is 0 Å². The van der Waals surface area contributed by atoms with E-state index in [-0.39, 0.29) is 5.84 Å². The molecule has 0 amide bonds. The molecule has 2 aromatic carbocycles. The minimum atomic E-state index is 0.130. The number of oxime groups is 1. The van der Waals surface area contributed by atoms with Crippen molar-refractivity contribution < 1.29 is 5.21 Å². The van der Waals surface area contributed by atoms with Gasteiger partial charge in [0.1, 0.15) is 0 Å². The quantitative estimate of drug-likeness (QED) is 0.336. The Kier molecular flexibility index (Phi) is 5.36. The molecule has 0 aromatic heterocycles. The summed E-state index contributed by atoms with van der Waals surface area (Å²) >= 11 is 3.54. The van der Waals surface area contributed by atoms with Gasteiger partial charge in [-0.25, -0.2) is 0 Å². The highest BCUT2D eigenvalue weighted by Gasteiger charge is 2.04. The van der Waals surface area contributed by atoms with Gasteiger partial charge in [0.15, 0.2) is 5.84 Å². The van der Waals surface area contributed by atoms with Gasteiger partial charge in [0, 0.05) is 23.1 Å². The van der Waals surface area contributed by atoms with Gasteiger partial charge in [-0.05, 0) is 35.7 Å². The van der Waals surface area contributed by atoms with Gasteiger partial charge in [0.2, 0.25) is 0 Å². The number of nitrogens with two attached hydrogens (primary N) is 1. The van der Waals surface area contributed by atoms with Gasteiger partial charge in [-0.1, -0.05) is 51.4 Å². The third-order valence-corrected chi connectivity index (χ3v) is 4.11. The molecule has 5 heteroatoms. The molecular weight excluding hydrogens is 330 g/mol. The number of hydrogen-bond acceptors (Lipinski definition) is 3. The van der Waals surface area contributed by atoms with E-state index in [1.807, 2.05) is 43.3 Å². The molecule has 0 unspecified atom stereocenters. The Hall–Kier alpha value is -1.85. The lowest BCUT2D eigenvalue weighted by molar-refractivity contribution is 0.318. The Labute approximate surface area is 132 Å². The van der Waals surface area contributed by atoms with Crippen LogP contribution in [0, 0.1) is 6.92 Å². The monoisotopic (exact) mass is 347 g/mol. The number of rotatable bonds is 5. The second-order valence-corrected chi connectivity index (χ2v) is 5.68. The molecule has 0 heterocycles. The number of nitrogens with zero attached hydrogens (tertiary/aromatic N) is 1. The van der Waals surface area contributed by atoms with Crippen LogP contribution in [0.5, 0.6) is 0 Å². The van der Waals surface area contributed by atoms with Crippen LogP contribution in [0.15, 0.2) is 52.1 Å². The van der Waals surface area contributed by atoms with Crippen LogP contribution in [0.25, 0.3) is 0 Å². The summed E-state index contributed by atoms with van der Waals surface area (Å²) in [5, 5.41) is 15.1. The topological polar surface area (TPSA) is 70.6 Å². The van der Waals surface area contributed by atoms with Crippen LogP contribution in [0.2, 0.25) is 0 Å². The van der Waals surface area contributed by atoms with Gasteiger partial charge in [0.05, 0.1) is 0 Å². The first-order chi connectivity index (χ1) is 10.1. The van der Waals surface area contributed by atoms with Gasteiger partial charge in [-0.3, -0.25) is 0 Å². The van der Waals surface area contributed by atoms with Crippen molar-refractivity contribution in [3.63, 3.8) is 0 Å². The van der Waals surface area contributed by atoms with Crippen LogP contribution in [0.4, 0.5) is 0 Å². The third-order valence-electron chi connectivity index (χ3n) is 3.33. The highest BCUT2D eigenvalue weighted by atomic mass is 79.9. The lowest BCUT2D eigenvalue weighted by Crippen LogP contribution is -2.16. The Morgan fingerprint density at radius 1 is 1.19 bits per heavy atom. The summed E-state index contributed by atoms with van der Waals surface area (Å²) in [5.41, 5.74) is 9.84. The van der Waals surface area contributed by atoms with Crippen LogP contribution in [-0.2, 0) is 13.1 Å². The van der Waals surface area contributed by atoms with Crippen molar-refractivity contribution in [1.82, 2.24) is 5.32 Å². The van der Waals surface area contributed by atoms with Crippen LogP contribution in [0.3, 0.4) is 0 Å². The first-order valence-corrected chi connectivity index (χ1v) is 7.42. The molecule has 0 saturated carbocycles. The molecule has 0 aliphatic carbocycles. The van der Waals surface area contributed by atoms with Gasteiger partial charge in [-0.15, -0.1) is 0 Å². The van der Waals surface area contributed by atoms with E-state index in [0.717, 1.165) is 28.7 Å². The molecule has 4 N–H and O–H groups in total. The summed E-state index contributed by atoms with van der Waals surface area (Å²) in [5.74, 6) is 0.130. The second-order valence-electron chi connectivity index (χ2n) is 4.82. The van der Waals surface area contributed by atoms with Crippen molar-refractivity contribution in [2.24, 2.45) is 10.9 Å². The number of halogens is 1. The molecule has 2 aromatic rings. The van der Waals surface area contributed by atoms with Crippen molar-refractivity contribution in [2.45, 2.75) is 20.0 Å². The average Bonchev–Trinajstić information content (AvgIpc) is 2.50. The molecule has 0 aliphatic rings. The van der Waals surface area contributed by atoms with Crippen molar-refractivity contribution in [3.05, 3.63) is 69.2 Å². The zero-order valence-electron chi connectivity index (χ0n) is 11.8. The van der Waals surface area contributed by atoms with Crippen molar-refractivity contribution in [2.75, 3.05) is 0 Å². The van der Waals surface area contributed by atoms with Gasteiger partial charge >= 0.3 is 0 Å². The molecule has 110 valence electrons. The van der Waals surface area contributed by atoms with Gasteiger partial charge in [-0.2, -0.15) is 0 Å². The number of amidine groups is 1. The van der Waals surface area contributed by atoms with Gasteiger partial charge < -0.3 is 16.3 Å². The molecule has 21 heavy (non-hydrogen) atoms. The number of benzene rings is 2. The lowest BCUT2D eigenvalue weighted by atomic mass is 10.0. The zero-order valence-corrected chi connectivity index (χ0v) is 13.4. The molecule has 2 rings (SSSR count). The van der Waals surface area contributed by atoms with E-state index in [1.54, 1.807) is 0 Å². The predicted octanol–water partition coefficient (Wildman–Crippen LogP) is 3.14. The molecule has 0 saturated heterocycles. The summed E-state index contributed by atoms with van der Waals surface area (Å²) in [7, 11) is 0. The maximum Gasteiger partial charge on any atom is 0.170 e. The summed E-state index contributed by atoms with van der Waals surface area (Å²) in [4.78, 5) is 0. The van der Waals surface area contributed by atoms with E-state index >= 15 is 0 Å². The fourth-order valence-electron chi connectivity index (χ4n) is 2.08. The van der Waals surface area contributed by atoms with E-state index in [1.165, 1.54) is 11.1 Å². The molecule has 4 nitrogen and oxygen atoms in total. The lowest BCUT2D eigenvalue weighted by Gasteiger charge is -2.10. The average molecular weight is 348 g/mol. The summed E-state index contributed by atoms with van der Waals surface area (Å²) in [6.45, 7) is 3.58. The van der Waals surface area contributed by atoms with E-state index in [0.29, 0.717) is 0 Å². The Morgan fingerprint density at radius 2 is 1.90 bits per heavy atom. The zero-order chi connectivity index (χ0) is 15.2. The number of nitrogens with one attached hydrogen (secondary N) is 1. The van der Waals surface area contributed by atoms with Crippen LogP contribution >= 0.6 is 15.9 Å². The smallest absolute Gasteiger partial charge is 0.170 e.